The Morgan fingerprint density at radius 3 is 3.00 bits per heavy atom. The summed E-state index contributed by atoms with van der Waals surface area (Å²) in [6, 6.07) is 8.13. The fraction of sp³-hybridized carbons (Fsp3) is 0.167. The Balaban J connectivity index is 2.34. The van der Waals surface area contributed by atoms with Gasteiger partial charge in [-0.3, -0.25) is 9.36 Å². The quantitative estimate of drug-likeness (QED) is 0.793. The van der Waals surface area contributed by atoms with Crippen LogP contribution in [-0.4, -0.2) is 9.55 Å². The normalized spacial score (nSPS) is 10.4. The Morgan fingerprint density at radius 1 is 1.44 bits per heavy atom. The molecule has 0 unspecified atom stereocenters. The van der Waals surface area contributed by atoms with Gasteiger partial charge in [0.2, 0.25) is 0 Å². The monoisotopic (exact) mass is 326 g/mol. The van der Waals surface area contributed by atoms with E-state index in [1.54, 1.807) is 17.1 Å². The maximum atomic E-state index is 11.8. The van der Waals surface area contributed by atoms with E-state index in [9.17, 15) is 4.79 Å². The lowest BCUT2D eigenvalue weighted by molar-refractivity contribution is 0.730. The zero-order chi connectivity index (χ0) is 11.5. The van der Waals surface area contributed by atoms with Crippen molar-refractivity contribution < 1.29 is 0 Å². The Bertz CT molecular complexity index is 563. The molecule has 0 aliphatic carbocycles. The SMILES string of the molecule is Cc1cccc(Cn2cncc(I)c2=O)c1. The first-order valence-electron chi connectivity index (χ1n) is 4.92. The second-order valence-corrected chi connectivity index (χ2v) is 4.83. The van der Waals surface area contributed by atoms with Gasteiger partial charge in [0, 0.05) is 6.20 Å². The van der Waals surface area contributed by atoms with Crippen molar-refractivity contribution >= 4 is 22.6 Å². The van der Waals surface area contributed by atoms with E-state index < -0.39 is 0 Å². The smallest absolute Gasteiger partial charge is 0.267 e. The largest absolute Gasteiger partial charge is 0.294 e. The van der Waals surface area contributed by atoms with Crippen molar-refractivity contribution in [2.45, 2.75) is 13.5 Å². The van der Waals surface area contributed by atoms with Crippen LogP contribution in [-0.2, 0) is 6.54 Å². The van der Waals surface area contributed by atoms with Gasteiger partial charge >= 0.3 is 0 Å². The molecule has 3 nitrogen and oxygen atoms in total. The van der Waals surface area contributed by atoms with E-state index in [1.165, 1.54) is 5.56 Å². The van der Waals surface area contributed by atoms with Crippen molar-refractivity contribution in [1.29, 1.82) is 0 Å². The number of nitrogens with zero attached hydrogens (tertiary/aromatic N) is 2. The van der Waals surface area contributed by atoms with Crippen molar-refractivity contribution in [3.8, 4) is 0 Å². The fourth-order valence-electron chi connectivity index (χ4n) is 1.54. The van der Waals surface area contributed by atoms with E-state index in [0.717, 1.165) is 5.56 Å². The van der Waals surface area contributed by atoms with Crippen LogP contribution in [0.15, 0.2) is 41.6 Å². The van der Waals surface area contributed by atoms with Crippen LogP contribution in [0.5, 0.6) is 0 Å². The van der Waals surface area contributed by atoms with Crippen LogP contribution in [0, 0.1) is 10.5 Å². The lowest BCUT2D eigenvalue weighted by atomic mass is 10.1. The lowest BCUT2D eigenvalue weighted by Crippen LogP contribution is -2.22. The van der Waals surface area contributed by atoms with Crippen LogP contribution in [0.2, 0.25) is 0 Å². The highest BCUT2D eigenvalue weighted by atomic mass is 127. The molecule has 0 radical (unpaired) electrons. The van der Waals surface area contributed by atoms with E-state index >= 15 is 0 Å². The van der Waals surface area contributed by atoms with E-state index in [-0.39, 0.29) is 5.56 Å². The van der Waals surface area contributed by atoms with Crippen LogP contribution >= 0.6 is 22.6 Å². The number of halogens is 1. The Labute approximate surface area is 107 Å². The molecular weight excluding hydrogens is 315 g/mol. The zero-order valence-corrected chi connectivity index (χ0v) is 11.0. The molecule has 82 valence electrons. The summed E-state index contributed by atoms with van der Waals surface area (Å²) in [6.45, 7) is 2.61. The second kappa shape index (κ2) is 4.78. The van der Waals surface area contributed by atoms with Crippen LogP contribution < -0.4 is 5.56 Å². The zero-order valence-electron chi connectivity index (χ0n) is 8.85. The molecule has 2 aromatic rings. The Hall–Kier alpha value is -1.17. The average Bonchev–Trinajstić information content (AvgIpc) is 2.25. The molecule has 0 aliphatic rings. The molecule has 0 aliphatic heterocycles. The predicted molar refractivity (Wildman–Crippen MR) is 71.5 cm³/mol. The van der Waals surface area contributed by atoms with Crippen molar-refractivity contribution in [3.63, 3.8) is 0 Å². The third-order valence-corrected chi connectivity index (χ3v) is 3.03. The molecule has 0 saturated heterocycles. The van der Waals surface area contributed by atoms with E-state index in [4.69, 9.17) is 0 Å². The molecule has 1 aromatic carbocycles. The number of hydrogen-bond donors (Lipinski definition) is 0. The van der Waals surface area contributed by atoms with Gasteiger partial charge < -0.3 is 0 Å². The topological polar surface area (TPSA) is 34.9 Å². The molecule has 2 rings (SSSR count). The third-order valence-electron chi connectivity index (χ3n) is 2.29. The maximum Gasteiger partial charge on any atom is 0.267 e. The molecule has 0 amide bonds. The third kappa shape index (κ3) is 2.49. The van der Waals surface area contributed by atoms with Crippen molar-refractivity contribution in [2.75, 3.05) is 0 Å². The Kier molecular flexibility index (Phi) is 3.38. The molecule has 1 aromatic heterocycles. The molecule has 4 heteroatoms. The van der Waals surface area contributed by atoms with Crippen molar-refractivity contribution in [3.05, 3.63) is 61.8 Å². The number of aromatic nitrogens is 2. The van der Waals surface area contributed by atoms with Gasteiger partial charge in [0.25, 0.3) is 5.56 Å². The maximum absolute atomic E-state index is 11.8. The minimum atomic E-state index is 0.0112. The molecule has 1 heterocycles. The van der Waals surface area contributed by atoms with Gasteiger partial charge in [-0.1, -0.05) is 29.8 Å². The first-order chi connectivity index (χ1) is 7.66. The van der Waals surface area contributed by atoms with Gasteiger partial charge in [-0.05, 0) is 35.1 Å². The number of aryl methyl sites for hydroxylation is 1. The molecule has 0 fully saturated rings. The Morgan fingerprint density at radius 2 is 2.25 bits per heavy atom. The molecular formula is C12H11IN2O. The molecule has 16 heavy (non-hydrogen) atoms. The predicted octanol–water partition coefficient (Wildman–Crippen LogP) is 2.20. The summed E-state index contributed by atoms with van der Waals surface area (Å²) in [5.41, 5.74) is 2.33. The average molecular weight is 326 g/mol. The second-order valence-electron chi connectivity index (χ2n) is 3.66. The summed E-state index contributed by atoms with van der Waals surface area (Å²) < 4.78 is 2.27. The number of rotatable bonds is 2. The van der Waals surface area contributed by atoms with Gasteiger partial charge in [0.15, 0.2) is 0 Å². The molecule has 0 saturated carbocycles. The first-order valence-corrected chi connectivity index (χ1v) is 6.00. The molecule has 0 spiro atoms. The molecule has 0 atom stereocenters. The van der Waals surface area contributed by atoms with Crippen LogP contribution in [0.4, 0.5) is 0 Å². The van der Waals surface area contributed by atoms with Gasteiger partial charge in [-0.2, -0.15) is 0 Å². The highest BCUT2D eigenvalue weighted by molar-refractivity contribution is 14.1. The van der Waals surface area contributed by atoms with Crippen LogP contribution in [0.25, 0.3) is 0 Å². The molecule has 0 bridgehead atoms. The summed E-state index contributed by atoms with van der Waals surface area (Å²) in [4.78, 5) is 15.8. The van der Waals surface area contributed by atoms with E-state index in [2.05, 4.69) is 11.1 Å². The highest BCUT2D eigenvalue weighted by Crippen LogP contribution is 2.05. The van der Waals surface area contributed by atoms with Gasteiger partial charge in [0.1, 0.15) is 0 Å². The minimum Gasteiger partial charge on any atom is -0.294 e. The van der Waals surface area contributed by atoms with E-state index in [1.807, 2.05) is 47.7 Å². The van der Waals surface area contributed by atoms with Gasteiger partial charge in [-0.25, -0.2) is 4.98 Å². The first kappa shape index (κ1) is 11.3. The van der Waals surface area contributed by atoms with Gasteiger partial charge in [0.05, 0.1) is 16.4 Å². The van der Waals surface area contributed by atoms with Gasteiger partial charge in [-0.15, -0.1) is 0 Å². The standard InChI is InChI=1S/C12H11IN2O/c1-9-3-2-4-10(5-9)7-15-8-14-6-11(13)12(15)16/h2-6,8H,7H2,1H3. The number of hydrogen-bond acceptors (Lipinski definition) is 2. The van der Waals surface area contributed by atoms with Crippen molar-refractivity contribution in [2.24, 2.45) is 0 Å². The minimum absolute atomic E-state index is 0.0112. The molecule has 0 N–H and O–H groups in total. The summed E-state index contributed by atoms with van der Waals surface area (Å²) >= 11 is 2.00. The van der Waals surface area contributed by atoms with Crippen LogP contribution in [0.1, 0.15) is 11.1 Å². The summed E-state index contributed by atoms with van der Waals surface area (Å²) in [5.74, 6) is 0. The summed E-state index contributed by atoms with van der Waals surface area (Å²) in [5, 5.41) is 0. The lowest BCUT2D eigenvalue weighted by Gasteiger charge is -2.05. The summed E-state index contributed by atoms with van der Waals surface area (Å²) in [6.07, 6.45) is 3.16. The summed E-state index contributed by atoms with van der Waals surface area (Å²) in [7, 11) is 0. The fourth-order valence-corrected chi connectivity index (χ4v) is 2.01. The highest BCUT2D eigenvalue weighted by Gasteiger charge is 2.01. The van der Waals surface area contributed by atoms with Crippen molar-refractivity contribution in [1.82, 2.24) is 9.55 Å². The van der Waals surface area contributed by atoms with Crippen LogP contribution in [0.3, 0.4) is 0 Å². The van der Waals surface area contributed by atoms with E-state index in [0.29, 0.717) is 10.1 Å². The number of benzene rings is 1.